The molecule has 116 valence electrons. The fourth-order valence-corrected chi connectivity index (χ4v) is 3.94. The summed E-state index contributed by atoms with van der Waals surface area (Å²) in [5.41, 5.74) is 1.53. The molecule has 0 radical (unpaired) electrons. The molecule has 1 amide bonds. The van der Waals surface area contributed by atoms with Crippen molar-refractivity contribution in [3.05, 3.63) is 24.0 Å². The molecule has 0 spiro atoms. The molecule has 1 fully saturated rings. The molecule has 0 bridgehead atoms. The molecule has 2 atom stereocenters. The summed E-state index contributed by atoms with van der Waals surface area (Å²) in [6, 6.07) is 2.17. The van der Waals surface area contributed by atoms with Crippen molar-refractivity contribution >= 4 is 23.4 Å². The van der Waals surface area contributed by atoms with E-state index in [1.54, 1.807) is 12.4 Å². The van der Waals surface area contributed by atoms with Gasteiger partial charge in [0.25, 0.3) is 5.91 Å². The van der Waals surface area contributed by atoms with Gasteiger partial charge in [-0.2, -0.15) is 11.8 Å². The van der Waals surface area contributed by atoms with Crippen LogP contribution in [0, 0.1) is 0 Å². The van der Waals surface area contributed by atoms with E-state index < -0.39 is 0 Å². The zero-order valence-corrected chi connectivity index (χ0v) is 13.7. The van der Waals surface area contributed by atoms with E-state index in [4.69, 9.17) is 0 Å². The fourth-order valence-electron chi connectivity index (χ4n) is 2.74. The first-order chi connectivity index (χ1) is 10.3. The smallest absolute Gasteiger partial charge is 0.255 e. The maximum atomic E-state index is 12.5. The van der Waals surface area contributed by atoms with Crippen LogP contribution < -0.4 is 10.6 Å². The Morgan fingerprint density at radius 2 is 2.29 bits per heavy atom. The van der Waals surface area contributed by atoms with Gasteiger partial charge in [-0.3, -0.25) is 9.78 Å². The minimum Gasteiger partial charge on any atom is -0.384 e. The van der Waals surface area contributed by atoms with E-state index in [2.05, 4.69) is 29.5 Å². The van der Waals surface area contributed by atoms with Crippen LogP contribution in [0.15, 0.2) is 18.5 Å². The maximum Gasteiger partial charge on any atom is 0.255 e. The van der Waals surface area contributed by atoms with Crippen molar-refractivity contribution in [1.82, 2.24) is 10.3 Å². The number of anilines is 1. The van der Waals surface area contributed by atoms with E-state index in [-0.39, 0.29) is 5.91 Å². The number of hydrogen-bond acceptors (Lipinski definition) is 4. The lowest BCUT2D eigenvalue weighted by Crippen LogP contribution is -2.39. The summed E-state index contributed by atoms with van der Waals surface area (Å²) in [4.78, 5) is 16.6. The molecule has 1 heterocycles. The molecule has 0 aromatic carbocycles. The molecule has 2 unspecified atom stereocenters. The SMILES string of the molecule is CCCNc1ccncc1C(=O)NC1CCCC1SCC. The highest BCUT2D eigenvalue weighted by molar-refractivity contribution is 7.99. The monoisotopic (exact) mass is 307 g/mol. The number of nitrogens with one attached hydrogen (secondary N) is 2. The third kappa shape index (κ3) is 4.37. The third-order valence-electron chi connectivity index (χ3n) is 3.78. The zero-order chi connectivity index (χ0) is 15.1. The van der Waals surface area contributed by atoms with Crippen LogP contribution in [0.4, 0.5) is 5.69 Å². The second-order valence-corrected chi connectivity index (χ2v) is 6.87. The minimum absolute atomic E-state index is 0.00435. The normalized spacial score (nSPS) is 21.2. The van der Waals surface area contributed by atoms with Gasteiger partial charge in [0.15, 0.2) is 0 Å². The molecule has 1 aliphatic carbocycles. The van der Waals surface area contributed by atoms with Crippen LogP contribution in [0.1, 0.15) is 49.9 Å². The summed E-state index contributed by atoms with van der Waals surface area (Å²) in [6.07, 6.45) is 7.90. The fraction of sp³-hybridized carbons (Fsp3) is 0.625. The Bertz CT molecular complexity index is 467. The first-order valence-corrected chi connectivity index (χ1v) is 8.91. The zero-order valence-electron chi connectivity index (χ0n) is 12.9. The molecule has 0 saturated heterocycles. The Labute approximate surface area is 131 Å². The lowest BCUT2D eigenvalue weighted by molar-refractivity contribution is 0.0939. The molecular weight excluding hydrogens is 282 g/mol. The molecule has 0 aliphatic heterocycles. The summed E-state index contributed by atoms with van der Waals surface area (Å²) in [7, 11) is 0. The predicted octanol–water partition coefficient (Wildman–Crippen LogP) is 3.31. The third-order valence-corrected chi connectivity index (χ3v) is 5.11. The Hall–Kier alpha value is -1.23. The van der Waals surface area contributed by atoms with Crippen molar-refractivity contribution in [3.8, 4) is 0 Å². The van der Waals surface area contributed by atoms with Crippen LogP contribution in [0.3, 0.4) is 0 Å². The van der Waals surface area contributed by atoms with Crippen molar-refractivity contribution in [3.63, 3.8) is 0 Å². The molecule has 4 nitrogen and oxygen atoms in total. The van der Waals surface area contributed by atoms with Gasteiger partial charge in [-0.1, -0.05) is 20.3 Å². The molecule has 1 aliphatic rings. The number of amides is 1. The van der Waals surface area contributed by atoms with E-state index in [9.17, 15) is 4.79 Å². The molecule has 1 saturated carbocycles. The number of hydrogen-bond donors (Lipinski definition) is 2. The van der Waals surface area contributed by atoms with Gasteiger partial charge in [-0.05, 0) is 31.1 Å². The molecule has 5 heteroatoms. The first kappa shape index (κ1) is 16.1. The maximum absolute atomic E-state index is 12.5. The van der Waals surface area contributed by atoms with Gasteiger partial charge in [0.1, 0.15) is 0 Å². The highest BCUT2D eigenvalue weighted by Gasteiger charge is 2.29. The lowest BCUT2D eigenvalue weighted by Gasteiger charge is -2.21. The summed E-state index contributed by atoms with van der Waals surface area (Å²) in [5.74, 6) is 1.10. The Morgan fingerprint density at radius 3 is 3.05 bits per heavy atom. The molecule has 1 aromatic heterocycles. The average Bonchev–Trinajstić information content (AvgIpc) is 2.93. The molecule has 2 rings (SSSR count). The van der Waals surface area contributed by atoms with Gasteiger partial charge in [0, 0.05) is 30.2 Å². The van der Waals surface area contributed by atoms with Gasteiger partial charge < -0.3 is 10.6 Å². The van der Waals surface area contributed by atoms with Crippen LogP contribution >= 0.6 is 11.8 Å². The van der Waals surface area contributed by atoms with Crippen LogP contribution in [0.2, 0.25) is 0 Å². The average molecular weight is 307 g/mol. The quantitative estimate of drug-likeness (QED) is 0.811. The van der Waals surface area contributed by atoms with E-state index in [1.165, 1.54) is 12.8 Å². The van der Waals surface area contributed by atoms with E-state index >= 15 is 0 Å². The van der Waals surface area contributed by atoms with E-state index in [0.717, 1.165) is 30.8 Å². The second-order valence-electron chi connectivity index (χ2n) is 5.35. The van der Waals surface area contributed by atoms with Crippen molar-refractivity contribution < 1.29 is 4.79 Å². The summed E-state index contributed by atoms with van der Waals surface area (Å²) in [5, 5.41) is 7.06. The van der Waals surface area contributed by atoms with Crippen molar-refractivity contribution in [2.24, 2.45) is 0 Å². The summed E-state index contributed by atoms with van der Waals surface area (Å²) >= 11 is 1.96. The number of thioether (sulfide) groups is 1. The van der Waals surface area contributed by atoms with Crippen LogP contribution in [0.5, 0.6) is 0 Å². The Morgan fingerprint density at radius 1 is 1.43 bits per heavy atom. The summed E-state index contributed by atoms with van der Waals surface area (Å²) in [6.45, 7) is 5.15. The van der Waals surface area contributed by atoms with Gasteiger partial charge >= 0.3 is 0 Å². The number of carbonyl (C=O) groups excluding carboxylic acids is 1. The number of nitrogens with zero attached hydrogens (tertiary/aromatic N) is 1. The van der Waals surface area contributed by atoms with Crippen molar-refractivity contribution in [2.45, 2.75) is 50.8 Å². The number of pyridine rings is 1. The molecular formula is C16H25N3OS. The minimum atomic E-state index is -0.00435. The van der Waals surface area contributed by atoms with E-state index in [1.807, 2.05) is 17.8 Å². The Kier molecular flexibility index (Phi) is 6.36. The van der Waals surface area contributed by atoms with Crippen LogP contribution in [-0.2, 0) is 0 Å². The largest absolute Gasteiger partial charge is 0.384 e. The number of rotatable bonds is 7. The standard InChI is InChI=1S/C16H25N3OS/c1-3-9-18-13-8-10-17-11-12(13)16(20)19-14-6-5-7-15(14)21-4-2/h8,10-11,14-15H,3-7,9H2,1-2H3,(H,17,18)(H,19,20). The van der Waals surface area contributed by atoms with Gasteiger partial charge in [-0.25, -0.2) is 0 Å². The number of aromatic nitrogens is 1. The highest BCUT2D eigenvalue weighted by Crippen LogP contribution is 2.30. The van der Waals surface area contributed by atoms with Crippen molar-refractivity contribution in [1.29, 1.82) is 0 Å². The molecule has 2 N–H and O–H groups in total. The highest BCUT2D eigenvalue weighted by atomic mass is 32.2. The second kappa shape index (κ2) is 8.27. The topological polar surface area (TPSA) is 54.0 Å². The summed E-state index contributed by atoms with van der Waals surface area (Å²) < 4.78 is 0. The number of carbonyl (C=O) groups is 1. The van der Waals surface area contributed by atoms with Gasteiger partial charge in [0.05, 0.1) is 11.3 Å². The Balaban J connectivity index is 2.02. The first-order valence-electron chi connectivity index (χ1n) is 7.86. The van der Waals surface area contributed by atoms with Crippen LogP contribution in [0.25, 0.3) is 0 Å². The van der Waals surface area contributed by atoms with Gasteiger partial charge in [-0.15, -0.1) is 0 Å². The molecule has 1 aromatic rings. The molecule has 21 heavy (non-hydrogen) atoms. The van der Waals surface area contributed by atoms with E-state index in [0.29, 0.717) is 16.9 Å². The lowest BCUT2D eigenvalue weighted by atomic mass is 10.2. The van der Waals surface area contributed by atoms with Gasteiger partial charge in [0.2, 0.25) is 0 Å². The van der Waals surface area contributed by atoms with Crippen molar-refractivity contribution in [2.75, 3.05) is 17.6 Å². The predicted molar refractivity (Wildman–Crippen MR) is 90.0 cm³/mol. The van der Waals surface area contributed by atoms with Crippen LogP contribution in [-0.4, -0.2) is 34.5 Å².